The molecule has 2 N–H and O–H groups in total. The first-order valence-corrected chi connectivity index (χ1v) is 7.16. The van der Waals surface area contributed by atoms with Gasteiger partial charge in [0.15, 0.2) is 5.82 Å². The molecule has 5 heteroatoms. The highest BCUT2D eigenvalue weighted by molar-refractivity contribution is 5.66. The van der Waals surface area contributed by atoms with Gasteiger partial charge in [-0.25, -0.2) is 9.07 Å². The summed E-state index contributed by atoms with van der Waals surface area (Å²) >= 11 is 0. The van der Waals surface area contributed by atoms with Crippen LogP contribution in [0.1, 0.15) is 44.1 Å². The van der Waals surface area contributed by atoms with Crippen LogP contribution in [0.2, 0.25) is 0 Å². The molecule has 0 fully saturated rings. The maximum atomic E-state index is 14.0. The molecule has 0 aliphatic rings. The van der Waals surface area contributed by atoms with Gasteiger partial charge in [-0.05, 0) is 33.8 Å². The van der Waals surface area contributed by atoms with Crippen molar-refractivity contribution in [2.75, 3.05) is 17.7 Å². The molecule has 21 heavy (non-hydrogen) atoms. The summed E-state index contributed by atoms with van der Waals surface area (Å²) in [5, 5.41) is 4.49. The van der Waals surface area contributed by atoms with E-state index in [9.17, 15) is 4.39 Å². The fourth-order valence-electron chi connectivity index (χ4n) is 2.47. The summed E-state index contributed by atoms with van der Waals surface area (Å²) in [6, 6.07) is 6.87. The fourth-order valence-corrected chi connectivity index (χ4v) is 2.47. The van der Waals surface area contributed by atoms with E-state index in [1.54, 1.807) is 12.1 Å². The second-order valence-electron chi connectivity index (χ2n) is 5.67. The number of hydrogen-bond acceptors (Lipinski definition) is 3. The lowest BCUT2D eigenvalue weighted by molar-refractivity contribution is 0.514. The third-order valence-corrected chi connectivity index (χ3v) is 3.86. The monoisotopic (exact) mass is 290 g/mol. The standard InChI is InChI=1S/C16H23FN4/c1-10(2)21-16(15(18)11(3)19-21)20(5)12(4)13-8-6-7-9-14(13)17/h6-10,12H,18H2,1-5H3. The Labute approximate surface area is 125 Å². The van der Waals surface area contributed by atoms with Gasteiger partial charge >= 0.3 is 0 Å². The Hall–Kier alpha value is -2.04. The van der Waals surface area contributed by atoms with Crippen molar-refractivity contribution >= 4 is 11.5 Å². The lowest BCUT2D eigenvalue weighted by atomic mass is 10.1. The largest absolute Gasteiger partial charge is 0.394 e. The number of benzene rings is 1. The fraction of sp³-hybridized carbons (Fsp3) is 0.438. The Kier molecular flexibility index (Phi) is 4.21. The van der Waals surface area contributed by atoms with Crippen LogP contribution in [0, 0.1) is 12.7 Å². The first-order chi connectivity index (χ1) is 9.84. The van der Waals surface area contributed by atoms with Gasteiger partial charge in [0, 0.05) is 18.7 Å². The van der Waals surface area contributed by atoms with Crippen LogP contribution < -0.4 is 10.6 Å². The summed E-state index contributed by atoms with van der Waals surface area (Å²) in [5.74, 6) is 0.626. The van der Waals surface area contributed by atoms with Gasteiger partial charge in [-0.2, -0.15) is 5.10 Å². The lowest BCUT2D eigenvalue weighted by Crippen LogP contribution is -2.26. The first kappa shape index (κ1) is 15.4. The van der Waals surface area contributed by atoms with E-state index >= 15 is 0 Å². The molecule has 1 heterocycles. The van der Waals surface area contributed by atoms with Crippen LogP contribution >= 0.6 is 0 Å². The average molecular weight is 290 g/mol. The lowest BCUT2D eigenvalue weighted by Gasteiger charge is -2.29. The molecule has 1 atom stereocenters. The van der Waals surface area contributed by atoms with E-state index in [2.05, 4.69) is 18.9 Å². The first-order valence-electron chi connectivity index (χ1n) is 7.16. The second-order valence-corrected chi connectivity index (χ2v) is 5.67. The number of aromatic nitrogens is 2. The van der Waals surface area contributed by atoms with Crippen molar-refractivity contribution in [2.45, 2.75) is 39.8 Å². The van der Waals surface area contributed by atoms with Gasteiger partial charge in [0.25, 0.3) is 0 Å². The average Bonchev–Trinajstić information content (AvgIpc) is 2.74. The van der Waals surface area contributed by atoms with Crippen molar-refractivity contribution in [3.63, 3.8) is 0 Å². The van der Waals surface area contributed by atoms with Crippen LogP contribution in [0.4, 0.5) is 15.9 Å². The molecule has 0 aliphatic heterocycles. The molecule has 1 aromatic heterocycles. The molecule has 0 radical (unpaired) electrons. The van der Waals surface area contributed by atoms with Crippen LogP contribution in [0.15, 0.2) is 24.3 Å². The molecule has 2 aromatic rings. The van der Waals surface area contributed by atoms with E-state index in [1.807, 2.05) is 36.5 Å². The quantitative estimate of drug-likeness (QED) is 0.934. The van der Waals surface area contributed by atoms with E-state index < -0.39 is 0 Å². The number of nitrogen functional groups attached to an aromatic ring is 1. The Bertz CT molecular complexity index is 633. The van der Waals surface area contributed by atoms with Gasteiger partial charge in [0.2, 0.25) is 0 Å². The maximum absolute atomic E-state index is 14.0. The number of halogens is 1. The number of rotatable bonds is 4. The smallest absolute Gasteiger partial charge is 0.151 e. The number of aryl methyl sites for hydroxylation is 1. The van der Waals surface area contributed by atoms with Crippen molar-refractivity contribution in [3.8, 4) is 0 Å². The van der Waals surface area contributed by atoms with Gasteiger partial charge in [-0.15, -0.1) is 0 Å². The SMILES string of the molecule is Cc1nn(C(C)C)c(N(C)C(C)c2ccccc2F)c1N. The van der Waals surface area contributed by atoms with E-state index in [0.29, 0.717) is 11.3 Å². The van der Waals surface area contributed by atoms with Crippen molar-refractivity contribution in [1.82, 2.24) is 9.78 Å². The van der Waals surface area contributed by atoms with E-state index in [0.717, 1.165) is 11.5 Å². The highest BCUT2D eigenvalue weighted by atomic mass is 19.1. The molecule has 1 aromatic carbocycles. The summed E-state index contributed by atoms with van der Waals surface area (Å²) in [6.07, 6.45) is 0. The number of nitrogens with two attached hydrogens (primary N) is 1. The molecular weight excluding hydrogens is 267 g/mol. The van der Waals surface area contributed by atoms with Crippen LogP contribution in [-0.2, 0) is 0 Å². The maximum Gasteiger partial charge on any atom is 0.151 e. The normalized spacial score (nSPS) is 12.7. The third kappa shape index (κ3) is 2.73. The summed E-state index contributed by atoms with van der Waals surface area (Å²) in [4.78, 5) is 1.98. The van der Waals surface area contributed by atoms with Gasteiger partial charge < -0.3 is 10.6 Å². The molecule has 0 bridgehead atoms. The highest BCUT2D eigenvalue weighted by Gasteiger charge is 2.23. The third-order valence-electron chi connectivity index (χ3n) is 3.86. The number of anilines is 2. The van der Waals surface area contributed by atoms with Crippen LogP contribution in [-0.4, -0.2) is 16.8 Å². The van der Waals surface area contributed by atoms with Crippen molar-refractivity contribution in [3.05, 3.63) is 41.3 Å². The van der Waals surface area contributed by atoms with Crippen molar-refractivity contribution in [2.24, 2.45) is 0 Å². The molecule has 2 rings (SSSR count). The van der Waals surface area contributed by atoms with E-state index in [-0.39, 0.29) is 17.9 Å². The second kappa shape index (κ2) is 5.76. The topological polar surface area (TPSA) is 47.1 Å². The molecule has 0 amide bonds. The molecule has 4 nitrogen and oxygen atoms in total. The van der Waals surface area contributed by atoms with Gasteiger partial charge in [0.05, 0.1) is 17.4 Å². The molecule has 1 unspecified atom stereocenters. The zero-order valence-electron chi connectivity index (χ0n) is 13.3. The predicted octanol–water partition coefficient (Wildman–Crippen LogP) is 3.69. The molecule has 0 saturated carbocycles. The minimum atomic E-state index is -0.206. The van der Waals surface area contributed by atoms with Crippen molar-refractivity contribution in [1.29, 1.82) is 0 Å². The molecule has 0 saturated heterocycles. The molecule has 0 aliphatic carbocycles. The number of hydrogen-bond donors (Lipinski definition) is 1. The number of nitrogens with zero attached hydrogens (tertiary/aromatic N) is 3. The van der Waals surface area contributed by atoms with Gasteiger partial charge in [-0.1, -0.05) is 18.2 Å². The summed E-state index contributed by atoms with van der Waals surface area (Å²) < 4.78 is 15.9. The predicted molar refractivity (Wildman–Crippen MR) is 85.0 cm³/mol. The summed E-state index contributed by atoms with van der Waals surface area (Å²) in [6.45, 7) is 7.96. The Morgan fingerprint density at radius 2 is 1.86 bits per heavy atom. The molecule has 114 valence electrons. The summed E-state index contributed by atoms with van der Waals surface area (Å²) in [7, 11) is 1.92. The van der Waals surface area contributed by atoms with Gasteiger partial charge in [0.1, 0.15) is 5.82 Å². The minimum Gasteiger partial charge on any atom is -0.394 e. The van der Waals surface area contributed by atoms with E-state index in [1.165, 1.54) is 6.07 Å². The minimum absolute atomic E-state index is 0.137. The zero-order chi connectivity index (χ0) is 15.7. The van der Waals surface area contributed by atoms with Crippen LogP contribution in [0.3, 0.4) is 0 Å². The van der Waals surface area contributed by atoms with Crippen LogP contribution in [0.25, 0.3) is 0 Å². The van der Waals surface area contributed by atoms with Gasteiger partial charge in [-0.3, -0.25) is 0 Å². The zero-order valence-corrected chi connectivity index (χ0v) is 13.3. The Morgan fingerprint density at radius 1 is 1.24 bits per heavy atom. The summed E-state index contributed by atoms with van der Waals surface area (Å²) in [5.41, 5.74) is 8.27. The van der Waals surface area contributed by atoms with Crippen LogP contribution in [0.5, 0.6) is 0 Å². The Balaban J connectivity index is 2.45. The molecular formula is C16H23FN4. The Morgan fingerprint density at radius 3 is 2.43 bits per heavy atom. The van der Waals surface area contributed by atoms with Crippen molar-refractivity contribution < 1.29 is 4.39 Å². The highest BCUT2D eigenvalue weighted by Crippen LogP contribution is 2.34. The molecule has 0 spiro atoms. The van der Waals surface area contributed by atoms with E-state index in [4.69, 9.17) is 5.73 Å².